The molecule has 0 unspecified atom stereocenters. The van der Waals surface area contributed by atoms with Gasteiger partial charge in [-0.15, -0.1) is 0 Å². The monoisotopic (exact) mass is 479 g/mol. The molecule has 1 N–H and O–H groups in total. The molecule has 3 aromatic rings. The number of nitrogens with zero attached hydrogens (tertiary/aromatic N) is 1. The molecule has 5 rings (SSSR count). The number of carbonyl (C=O) groups is 1. The van der Waals surface area contributed by atoms with Gasteiger partial charge in [0, 0.05) is 13.0 Å². The van der Waals surface area contributed by atoms with Crippen LogP contribution in [-0.2, 0) is 4.74 Å². The molecule has 1 fully saturated rings. The molecular weight excluding hydrogens is 448 g/mol. The largest absolute Gasteiger partial charge is 0.493 e. The van der Waals surface area contributed by atoms with Crippen LogP contribution in [0, 0.1) is 0 Å². The zero-order valence-corrected chi connectivity index (χ0v) is 20.2. The van der Waals surface area contributed by atoms with E-state index in [-0.39, 0.29) is 17.1 Å². The van der Waals surface area contributed by atoms with Crippen molar-refractivity contribution in [2.75, 3.05) is 53.1 Å². The summed E-state index contributed by atoms with van der Waals surface area (Å²) in [6.07, 6.45) is 0.813. The van der Waals surface area contributed by atoms with Crippen LogP contribution in [0.25, 0.3) is 11.0 Å². The van der Waals surface area contributed by atoms with Crippen LogP contribution in [0.2, 0.25) is 0 Å². The van der Waals surface area contributed by atoms with Crippen molar-refractivity contribution < 1.29 is 28.3 Å². The fourth-order valence-electron chi connectivity index (χ4n) is 5.08. The van der Waals surface area contributed by atoms with Crippen molar-refractivity contribution in [3.8, 4) is 11.5 Å². The van der Waals surface area contributed by atoms with Crippen LogP contribution in [0.1, 0.15) is 41.1 Å². The fourth-order valence-corrected chi connectivity index (χ4v) is 5.08. The number of ether oxygens (including phenoxy) is 3. The van der Waals surface area contributed by atoms with Crippen LogP contribution in [0.15, 0.2) is 51.7 Å². The minimum absolute atomic E-state index is 0.130. The van der Waals surface area contributed by atoms with E-state index in [1.165, 1.54) is 4.90 Å². The number of rotatable bonds is 8. The van der Waals surface area contributed by atoms with Gasteiger partial charge >= 0.3 is 0 Å². The smallest absolute Gasteiger partial charge is 0.290 e. The Balaban J connectivity index is 1.54. The Labute approximate surface area is 204 Å². The predicted octanol–water partition coefficient (Wildman–Crippen LogP) is 2.05. The van der Waals surface area contributed by atoms with Gasteiger partial charge in [-0.2, -0.15) is 0 Å². The SMILES string of the molecule is CCOc1ccc([C@H]2c3c(oc4ccccc4c3=O)C(=O)N2CCC[NH+]2CCOCC2)cc1OC. The first-order chi connectivity index (χ1) is 17.1. The molecule has 35 heavy (non-hydrogen) atoms. The van der Waals surface area contributed by atoms with Gasteiger partial charge in [0.05, 0.1) is 50.5 Å². The summed E-state index contributed by atoms with van der Waals surface area (Å²) in [6.45, 7) is 7.35. The summed E-state index contributed by atoms with van der Waals surface area (Å²) in [5.41, 5.74) is 1.43. The van der Waals surface area contributed by atoms with E-state index in [0.29, 0.717) is 41.2 Å². The minimum atomic E-state index is -0.553. The molecule has 184 valence electrons. The van der Waals surface area contributed by atoms with Crippen LogP contribution >= 0.6 is 0 Å². The van der Waals surface area contributed by atoms with E-state index in [0.717, 1.165) is 44.8 Å². The number of fused-ring (bicyclic) bond motifs is 2. The summed E-state index contributed by atoms with van der Waals surface area (Å²) < 4.78 is 22.7. The van der Waals surface area contributed by atoms with Crippen LogP contribution < -0.4 is 19.8 Å². The van der Waals surface area contributed by atoms with E-state index >= 15 is 0 Å². The Morgan fingerprint density at radius 1 is 1.09 bits per heavy atom. The normalized spacial score (nSPS) is 18.2. The Hall–Kier alpha value is -3.36. The molecule has 8 heteroatoms. The highest BCUT2D eigenvalue weighted by atomic mass is 16.5. The fraction of sp³-hybridized carbons (Fsp3) is 0.407. The number of hydrogen-bond acceptors (Lipinski definition) is 6. The third-order valence-electron chi connectivity index (χ3n) is 6.81. The first kappa shape index (κ1) is 23.4. The molecule has 0 aliphatic carbocycles. The molecular formula is C27H31N2O6+. The quantitative estimate of drug-likeness (QED) is 0.533. The van der Waals surface area contributed by atoms with E-state index in [2.05, 4.69) is 0 Å². The van der Waals surface area contributed by atoms with Gasteiger partial charge in [0.2, 0.25) is 5.76 Å². The number of amides is 1. The Bertz CT molecular complexity index is 1280. The number of carbonyl (C=O) groups excluding carboxylic acids is 1. The highest BCUT2D eigenvalue weighted by Crippen LogP contribution is 2.40. The van der Waals surface area contributed by atoms with Gasteiger partial charge in [0.25, 0.3) is 5.91 Å². The average Bonchev–Trinajstić information content (AvgIpc) is 3.17. The van der Waals surface area contributed by atoms with Crippen molar-refractivity contribution in [3.63, 3.8) is 0 Å². The van der Waals surface area contributed by atoms with Gasteiger partial charge in [-0.25, -0.2) is 0 Å². The van der Waals surface area contributed by atoms with E-state index in [1.54, 1.807) is 36.3 Å². The first-order valence-electron chi connectivity index (χ1n) is 12.2. The molecule has 2 aliphatic rings. The summed E-state index contributed by atoms with van der Waals surface area (Å²) in [6, 6.07) is 12.1. The number of hydrogen-bond donors (Lipinski definition) is 1. The molecule has 0 saturated carbocycles. The summed E-state index contributed by atoms with van der Waals surface area (Å²) >= 11 is 0. The standard InChI is InChI=1S/C27H30N2O6/c1-3-34-21-10-9-18(17-22(21)32-2)24-23-25(30)19-7-4-5-8-20(19)35-26(23)27(31)29(24)12-6-11-28-13-15-33-16-14-28/h4-5,7-10,17,24H,3,6,11-16H2,1-2H3/p+1/t24-/m0/s1. The first-order valence-corrected chi connectivity index (χ1v) is 12.2. The van der Waals surface area contributed by atoms with Crippen LogP contribution in [0.5, 0.6) is 11.5 Å². The van der Waals surface area contributed by atoms with Crippen molar-refractivity contribution in [1.29, 1.82) is 0 Å². The van der Waals surface area contributed by atoms with E-state index in [9.17, 15) is 9.59 Å². The summed E-state index contributed by atoms with van der Waals surface area (Å²) in [7, 11) is 1.58. The molecule has 8 nitrogen and oxygen atoms in total. The summed E-state index contributed by atoms with van der Waals surface area (Å²) in [5, 5.41) is 0.474. The number of nitrogens with one attached hydrogen (secondary N) is 1. The second-order valence-electron chi connectivity index (χ2n) is 8.88. The molecule has 0 bridgehead atoms. The second kappa shape index (κ2) is 10.1. The lowest BCUT2D eigenvalue weighted by atomic mass is 9.98. The molecule has 2 aromatic carbocycles. The lowest BCUT2D eigenvalue weighted by Gasteiger charge is -2.28. The molecule has 0 spiro atoms. The van der Waals surface area contributed by atoms with Gasteiger partial charge in [0.15, 0.2) is 16.9 Å². The third-order valence-corrected chi connectivity index (χ3v) is 6.81. The highest BCUT2D eigenvalue weighted by Gasteiger charge is 2.42. The van der Waals surface area contributed by atoms with Crippen LogP contribution in [-0.4, -0.2) is 63.9 Å². The molecule has 1 amide bonds. The molecule has 1 atom stereocenters. The van der Waals surface area contributed by atoms with Gasteiger partial charge in [0.1, 0.15) is 18.7 Å². The predicted molar refractivity (Wildman–Crippen MR) is 131 cm³/mol. The molecule has 3 heterocycles. The summed E-state index contributed by atoms with van der Waals surface area (Å²) in [5.74, 6) is 1.06. The highest BCUT2D eigenvalue weighted by molar-refractivity contribution is 5.99. The zero-order chi connectivity index (χ0) is 24.4. The maximum atomic E-state index is 13.6. The Kier molecular flexibility index (Phi) is 6.74. The maximum absolute atomic E-state index is 13.6. The topological polar surface area (TPSA) is 82.7 Å². The lowest BCUT2D eigenvalue weighted by Crippen LogP contribution is -3.14. The Morgan fingerprint density at radius 3 is 2.66 bits per heavy atom. The van der Waals surface area contributed by atoms with Crippen LogP contribution in [0.3, 0.4) is 0 Å². The average molecular weight is 480 g/mol. The van der Waals surface area contributed by atoms with E-state index in [1.807, 2.05) is 25.1 Å². The number of methoxy groups -OCH3 is 1. The van der Waals surface area contributed by atoms with Gasteiger partial charge in [-0.05, 0) is 36.8 Å². The summed E-state index contributed by atoms with van der Waals surface area (Å²) in [4.78, 5) is 30.5. The molecule has 0 radical (unpaired) electrons. The molecule has 2 aliphatic heterocycles. The zero-order valence-electron chi connectivity index (χ0n) is 20.2. The number of morpholine rings is 1. The number of benzene rings is 2. The van der Waals surface area contributed by atoms with Crippen molar-refractivity contribution in [1.82, 2.24) is 4.90 Å². The minimum Gasteiger partial charge on any atom is -0.493 e. The van der Waals surface area contributed by atoms with E-state index in [4.69, 9.17) is 18.6 Å². The van der Waals surface area contributed by atoms with Crippen molar-refractivity contribution in [3.05, 3.63) is 69.6 Å². The maximum Gasteiger partial charge on any atom is 0.290 e. The number of para-hydroxylation sites is 1. The van der Waals surface area contributed by atoms with Gasteiger partial charge < -0.3 is 28.4 Å². The third kappa shape index (κ3) is 4.39. The van der Waals surface area contributed by atoms with Crippen LogP contribution in [0.4, 0.5) is 0 Å². The molecule has 1 aromatic heterocycles. The van der Waals surface area contributed by atoms with Crippen molar-refractivity contribution in [2.24, 2.45) is 0 Å². The molecule has 1 saturated heterocycles. The van der Waals surface area contributed by atoms with Gasteiger partial charge in [-0.3, -0.25) is 9.59 Å². The number of quaternary nitrogens is 1. The van der Waals surface area contributed by atoms with Gasteiger partial charge in [-0.1, -0.05) is 18.2 Å². The Morgan fingerprint density at radius 2 is 1.89 bits per heavy atom. The van der Waals surface area contributed by atoms with E-state index < -0.39 is 6.04 Å². The van der Waals surface area contributed by atoms with Crippen molar-refractivity contribution >= 4 is 16.9 Å². The second-order valence-corrected chi connectivity index (χ2v) is 8.88. The van der Waals surface area contributed by atoms with Crippen molar-refractivity contribution in [2.45, 2.75) is 19.4 Å². The lowest BCUT2D eigenvalue weighted by molar-refractivity contribution is -0.908.